The summed E-state index contributed by atoms with van der Waals surface area (Å²) in [6.45, 7) is 5.84. The van der Waals surface area contributed by atoms with Gasteiger partial charge in [0, 0.05) is 18.6 Å². The molecule has 2 aromatic heterocycles. The van der Waals surface area contributed by atoms with Crippen LogP contribution < -0.4 is 10.6 Å². The molecular weight excluding hydrogens is 283 g/mol. The minimum absolute atomic E-state index is 0. The predicted molar refractivity (Wildman–Crippen MR) is 77.8 cm³/mol. The third-order valence-corrected chi connectivity index (χ3v) is 3.35. The Morgan fingerprint density at radius 1 is 1.45 bits per heavy atom. The number of aromatic nitrogens is 4. The maximum Gasteiger partial charge on any atom is 0.312 e. The van der Waals surface area contributed by atoms with E-state index >= 15 is 0 Å². The number of nitrogens with zero attached hydrogens (tertiary/aromatic N) is 4. The first-order chi connectivity index (χ1) is 9.15. The Morgan fingerprint density at radius 2 is 2.25 bits per heavy atom. The first-order valence-electron chi connectivity index (χ1n) is 6.52. The largest absolute Gasteiger partial charge is 0.364 e. The summed E-state index contributed by atoms with van der Waals surface area (Å²) in [5, 5.41) is 6.50. The van der Waals surface area contributed by atoms with Gasteiger partial charge in [-0.3, -0.25) is 0 Å². The zero-order valence-corrected chi connectivity index (χ0v) is 12.2. The van der Waals surface area contributed by atoms with E-state index < -0.39 is 6.08 Å². The average Bonchev–Trinajstić information content (AvgIpc) is 2.97. The molecule has 3 rings (SSSR count). The number of anilines is 1. The van der Waals surface area contributed by atoms with E-state index in [0.717, 1.165) is 19.5 Å². The van der Waals surface area contributed by atoms with Crippen molar-refractivity contribution in [1.29, 1.82) is 0 Å². The number of halogens is 2. The fourth-order valence-corrected chi connectivity index (χ4v) is 2.34. The van der Waals surface area contributed by atoms with Crippen molar-refractivity contribution in [3.05, 3.63) is 12.4 Å². The van der Waals surface area contributed by atoms with E-state index in [0.29, 0.717) is 17.0 Å². The molecule has 0 amide bonds. The van der Waals surface area contributed by atoms with Crippen LogP contribution in [0.1, 0.15) is 26.3 Å². The highest BCUT2D eigenvalue weighted by Gasteiger charge is 2.19. The van der Waals surface area contributed by atoms with E-state index in [4.69, 9.17) is 0 Å². The van der Waals surface area contributed by atoms with E-state index in [-0.39, 0.29) is 24.5 Å². The molecule has 1 fully saturated rings. The molecule has 6 nitrogen and oxygen atoms in total. The van der Waals surface area contributed by atoms with Crippen LogP contribution in [0, 0.1) is 6.08 Å². The normalized spacial score (nSPS) is 18.5. The van der Waals surface area contributed by atoms with Crippen LogP contribution in [-0.4, -0.2) is 38.7 Å². The number of hydrogen-bond donors (Lipinski definition) is 2. The highest BCUT2D eigenvalue weighted by Crippen LogP contribution is 2.22. The molecule has 1 aliphatic rings. The first kappa shape index (κ1) is 14.9. The van der Waals surface area contributed by atoms with Crippen LogP contribution in [0.15, 0.2) is 6.33 Å². The Hall–Kier alpha value is -1.47. The summed E-state index contributed by atoms with van der Waals surface area (Å²) in [5.74, 6) is 0.482. The lowest BCUT2D eigenvalue weighted by molar-refractivity contribution is 0.537. The van der Waals surface area contributed by atoms with Crippen molar-refractivity contribution in [2.75, 3.05) is 18.4 Å². The lowest BCUT2D eigenvalue weighted by Crippen LogP contribution is -2.23. The summed E-state index contributed by atoms with van der Waals surface area (Å²) in [7, 11) is 0. The molecule has 8 heteroatoms. The molecule has 0 aliphatic carbocycles. The first-order valence-corrected chi connectivity index (χ1v) is 6.52. The summed E-state index contributed by atoms with van der Waals surface area (Å²) < 4.78 is 15.4. The molecule has 0 radical (unpaired) electrons. The van der Waals surface area contributed by atoms with Crippen molar-refractivity contribution in [3.8, 4) is 0 Å². The van der Waals surface area contributed by atoms with Crippen LogP contribution in [0.25, 0.3) is 11.2 Å². The van der Waals surface area contributed by atoms with Crippen LogP contribution in [0.4, 0.5) is 10.2 Å². The molecule has 0 bridgehead atoms. The van der Waals surface area contributed by atoms with Gasteiger partial charge in [0.25, 0.3) is 0 Å². The van der Waals surface area contributed by atoms with Gasteiger partial charge in [0.1, 0.15) is 0 Å². The molecular formula is C12H18ClFN6. The second-order valence-electron chi connectivity index (χ2n) is 5.09. The number of nitrogens with one attached hydrogen (secondary N) is 2. The lowest BCUT2D eigenvalue weighted by Gasteiger charge is -2.12. The zero-order chi connectivity index (χ0) is 13.4. The number of hydrogen-bond acceptors (Lipinski definition) is 5. The zero-order valence-electron chi connectivity index (χ0n) is 11.4. The highest BCUT2D eigenvalue weighted by atomic mass is 35.5. The van der Waals surface area contributed by atoms with Crippen LogP contribution in [0.2, 0.25) is 0 Å². The summed E-state index contributed by atoms with van der Waals surface area (Å²) in [4.78, 5) is 12.0. The standard InChI is InChI=1S/C12H17FN6.ClH/c1-7(2)19-6-15-9-10(16-8-3-4-14-5-8)17-12(13)18-11(9)19;/h6-8,14H,3-5H2,1-2H3,(H,16,17,18);1H/t8-;/m0./s1. The van der Waals surface area contributed by atoms with Gasteiger partial charge >= 0.3 is 6.08 Å². The molecule has 20 heavy (non-hydrogen) atoms. The predicted octanol–water partition coefficient (Wildman–Crippen LogP) is 1.74. The summed E-state index contributed by atoms with van der Waals surface area (Å²) in [6, 6.07) is 0.446. The van der Waals surface area contributed by atoms with Gasteiger partial charge in [-0.2, -0.15) is 14.4 Å². The molecule has 0 saturated carbocycles. The lowest BCUT2D eigenvalue weighted by atomic mass is 10.2. The van der Waals surface area contributed by atoms with E-state index in [1.807, 2.05) is 18.4 Å². The monoisotopic (exact) mass is 300 g/mol. The van der Waals surface area contributed by atoms with E-state index in [1.54, 1.807) is 6.33 Å². The molecule has 1 aliphatic heterocycles. The van der Waals surface area contributed by atoms with Gasteiger partial charge in [-0.25, -0.2) is 4.98 Å². The molecule has 0 spiro atoms. The smallest absolute Gasteiger partial charge is 0.312 e. The molecule has 2 N–H and O–H groups in total. The highest BCUT2D eigenvalue weighted by molar-refractivity contribution is 5.85. The quantitative estimate of drug-likeness (QED) is 0.845. The molecule has 110 valence electrons. The molecule has 1 saturated heterocycles. The van der Waals surface area contributed by atoms with Gasteiger partial charge < -0.3 is 15.2 Å². The molecule has 3 heterocycles. The van der Waals surface area contributed by atoms with Crippen molar-refractivity contribution in [2.24, 2.45) is 0 Å². The summed E-state index contributed by atoms with van der Waals surface area (Å²) in [6.07, 6.45) is 1.96. The van der Waals surface area contributed by atoms with Crippen molar-refractivity contribution >= 4 is 29.4 Å². The average molecular weight is 301 g/mol. The van der Waals surface area contributed by atoms with Crippen LogP contribution in [0.5, 0.6) is 0 Å². The Bertz CT molecular complexity index is 593. The van der Waals surface area contributed by atoms with Gasteiger partial charge in [-0.15, -0.1) is 12.4 Å². The maximum absolute atomic E-state index is 13.6. The van der Waals surface area contributed by atoms with Gasteiger partial charge in [-0.05, 0) is 26.8 Å². The summed E-state index contributed by atoms with van der Waals surface area (Å²) in [5.41, 5.74) is 1.16. The number of fused-ring (bicyclic) bond motifs is 1. The number of imidazole rings is 1. The van der Waals surface area contributed by atoms with Gasteiger partial charge in [0.2, 0.25) is 0 Å². The minimum Gasteiger partial charge on any atom is -0.364 e. The van der Waals surface area contributed by atoms with Crippen molar-refractivity contribution < 1.29 is 4.39 Å². The number of rotatable bonds is 3. The Kier molecular flexibility index (Phi) is 4.39. The minimum atomic E-state index is -0.719. The second-order valence-corrected chi connectivity index (χ2v) is 5.09. The van der Waals surface area contributed by atoms with Crippen molar-refractivity contribution in [2.45, 2.75) is 32.4 Å². The van der Waals surface area contributed by atoms with Crippen molar-refractivity contribution in [1.82, 2.24) is 24.8 Å². The Morgan fingerprint density at radius 3 is 2.90 bits per heavy atom. The van der Waals surface area contributed by atoms with E-state index in [2.05, 4.69) is 25.6 Å². The van der Waals surface area contributed by atoms with Crippen molar-refractivity contribution in [3.63, 3.8) is 0 Å². The Balaban J connectivity index is 0.00000147. The van der Waals surface area contributed by atoms with Gasteiger partial charge in [-0.1, -0.05) is 0 Å². The van der Waals surface area contributed by atoms with Crippen LogP contribution >= 0.6 is 12.4 Å². The molecule has 0 unspecified atom stereocenters. The molecule has 2 aromatic rings. The SMILES string of the molecule is CC(C)n1cnc2c(N[C@H]3CCNC3)nc(F)nc21.Cl. The van der Waals surface area contributed by atoms with Gasteiger partial charge in [0.15, 0.2) is 17.0 Å². The van der Waals surface area contributed by atoms with E-state index in [9.17, 15) is 4.39 Å². The summed E-state index contributed by atoms with van der Waals surface area (Å²) >= 11 is 0. The maximum atomic E-state index is 13.6. The Labute approximate surface area is 122 Å². The van der Waals surface area contributed by atoms with Crippen LogP contribution in [0.3, 0.4) is 0 Å². The molecule has 1 atom stereocenters. The van der Waals surface area contributed by atoms with Gasteiger partial charge in [0.05, 0.1) is 6.33 Å². The fourth-order valence-electron chi connectivity index (χ4n) is 2.34. The topological polar surface area (TPSA) is 67.7 Å². The fraction of sp³-hybridized carbons (Fsp3) is 0.583. The third kappa shape index (κ3) is 2.69. The van der Waals surface area contributed by atoms with Crippen LogP contribution in [-0.2, 0) is 0 Å². The molecule has 0 aromatic carbocycles. The third-order valence-electron chi connectivity index (χ3n) is 3.35. The van der Waals surface area contributed by atoms with E-state index in [1.165, 1.54) is 0 Å². The second kappa shape index (κ2) is 5.88.